The second kappa shape index (κ2) is 4.36. The summed E-state index contributed by atoms with van der Waals surface area (Å²) in [6.45, 7) is 6.19. The molecule has 1 saturated heterocycles. The van der Waals surface area contributed by atoms with E-state index in [1.807, 2.05) is 6.07 Å². The second-order valence-electron chi connectivity index (χ2n) is 6.31. The SMILES string of the molecule is CC1OB(c2ccc3c(c2)[nH]c2ccccc23)OC1(C)C. The summed E-state index contributed by atoms with van der Waals surface area (Å²) in [6, 6.07) is 14.7. The Balaban J connectivity index is 1.79. The van der Waals surface area contributed by atoms with Gasteiger partial charge in [0, 0.05) is 21.8 Å². The molecule has 3 aromatic rings. The average molecular weight is 279 g/mol. The van der Waals surface area contributed by atoms with E-state index in [-0.39, 0.29) is 18.8 Å². The molecule has 1 fully saturated rings. The first-order chi connectivity index (χ1) is 10.0. The standard InChI is InChI=1S/C17H18BNO2/c1-11-17(2,3)21-18(20-11)12-8-9-14-13-6-4-5-7-15(13)19-16(14)10-12/h4-11,19H,1-3H3. The largest absolute Gasteiger partial charge is 0.494 e. The molecule has 1 N–H and O–H groups in total. The third-order valence-corrected chi connectivity index (χ3v) is 4.52. The Hall–Kier alpha value is -1.78. The van der Waals surface area contributed by atoms with Gasteiger partial charge < -0.3 is 14.3 Å². The van der Waals surface area contributed by atoms with Crippen molar-refractivity contribution < 1.29 is 9.31 Å². The van der Waals surface area contributed by atoms with Gasteiger partial charge in [0.05, 0.1) is 11.7 Å². The molecule has 4 rings (SSSR count). The van der Waals surface area contributed by atoms with Crippen LogP contribution in [-0.4, -0.2) is 23.8 Å². The lowest BCUT2D eigenvalue weighted by molar-refractivity contribution is 0.0842. The monoisotopic (exact) mass is 279 g/mol. The van der Waals surface area contributed by atoms with E-state index < -0.39 is 0 Å². The summed E-state index contributed by atoms with van der Waals surface area (Å²) in [7, 11) is -0.286. The molecule has 0 bridgehead atoms. The number of benzene rings is 2. The van der Waals surface area contributed by atoms with Crippen LogP contribution in [0.5, 0.6) is 0 Å². The summed E-state index contributed by atoms with van der Waals surface area (Å²) >= 11 is 0. The van der Waals surface area contributed by atoms with Crippen LogP contribution >= 0.6 is 0 Å². The Morgan fingerprint density at radius 2 is 1.81 bits per heavy atom. The van der Waals surface area contributed by atoms with E-state index in [1.54, 1.807) is 0 Å². The molecule has 1 aliphatic heterocycles. The van der Waals surface area contributed by atoms with Gasteiger partial charge in [-0.1, -0.05) is 30.3 Å². The van der Waals surface area contributed by atoms with Gasteiger partial charge in [-0.3, -0.25) is 0 Å². The van der Waals surface area contributed by atoms with Gasteiger partial charge in [-0.2, -0.15) is 0 Å². The molecule has 1 aromatic heterocycles. The summed E-state index contributed by atoms with van der Waals surface area (Å²) in [6.07, 6.45) is 0.0842. The fraction of sp³-hybridized carbons (Fsp3) is 0.294. The molecule has 1 aliphatic rings. The molecular formula is C17H18BNO2. The normalized spacial score (nSPS) is 21.5. The van der Waals surface area contributed by atoms with Gasteiger partial charge in [-0.25, -0.2) is 0 Å². The zero-order valence-electron chi connectivity index (χ0n) is 12.5. The third kappa shape index (κ3) is 1.98. The van der Waals surface area contributed by atoms with Crippen molar-refractivity contribution in [1.29, 1.82) is 0 Å². The predicted octanol–water partition coefficient (Wildman–Crippen LogP) is 3.23. The van der Waals surface area contributed by atoms with Gasteiger partial charge in [-0.05, 0) is 38.4 Å². The number of aromatic nitrogens is 1. The van der Waals surface area contributed by atoms with Crippen LogP contribution in [0.1, 0.15) is 20.8 Å². The van der Waals surface area contributed by atoms with Gasteiger partial charge >= 0.3 is 7.12 Å². The second-order valence-corrected chi connectivity index (χ2v) is 6.31. The fourth-order valence-electron chi connectivity index (χ4n) is 2.91. The molecule has 0 saturated carbocycles. The number of H-pyrrole nitrogens is 1. The summed E-state index contributed by atoms with van der Waals surface area (Å²) in [4.78, 5) is 3.46. The number of hydrogen-bond donors (Lipinski definition) is 1. The Morgan fingerprint density at radius 1 is 1.05 bits per heavy atom. The lowest BCUT2D eigenvalue weighted by Crippen LogP contribution is -2.34. The van der Waals surface area contributed by atoms with Crippen LogP contribution in [0.4, 0.5) is 0 Å². The number of para-hydroxylation sites is 1. The first-order valence-electron chi connectivity index (χ1n) is 7.38. The van der Waals surface area contributed by atoms with E-state index in [1.165, 1.54) is 10.8 Å². The van der Waals surface area contributed by atoms with Crippen molar-refractivity contribution in [2.45, 2.75) is 32.5 Å². The molecule has 2 heterocycles. The molecule has 0 amide bonds. The summed E-state index contributed by atoms with van der Waals surface area (Å²) in [5.41, 5.74) is 3.09. The van der Waals surface area contributed by atoms with Gasteiger partial charge in [0.1, 0.15) is 0 Å². The molecule has 3 nitrogen and oxygen atoms in total. The van der Waals surface area contributed by atoms with Crippen molar-refractivity contribution in [3.8, 4) is 0 Å². The van der Waals surface area contributed by atoms with Crippen LogP contribution in [0.15, 0.2) is 42.5 Å². The smallest absolute Gasteiger partial charge is 0.402 e. The van der Waals surface area contributed by atoms with Gasteiger partial charge in [0.2, 0.25) is 0 Å². The van der Waals surface area contributed by atoms with E-state index in [2.05, 4.69) is 62.2 Å². The fourth-order valence-corrected chi connectivity index (χ4v) is 2.91. The predicted molar refractivity (Wildman–Crippen MR) is 86.9 cm³/mol. The van der Waals surface area contributed by atoms with Gasteiger partial charge in [0.25, 0.3) is 0 Å². The van der Waals surface area contributed by atoms with E-state index in [4.69, 9.17) is 9.31 Å². The molecule has 21 heavy (non-hydrogen) atoms. The highest BCUT2D eigenvalue weighted by atomic mass is 16.7. The van der Waals surface area contributed by atoms with E-state index in [0.717, 1.165) is 16.5 Å². The maximum atomic E-state index is 6.03. The van der Waals surface area contributed by atoms with E-state index >= 15 is 0 Å². The number of rotatable bonds is 1. The highest BCUT2D eigenvalue weighted by Crippen LogP contribution is 2.28. The third-order valence-electron chi connectivity index (χ3n) is 4.52. The summed E-state index contributed by atoms with van der Waals surface area (Å²) in [5, 5.41) is 2.49. The first-order valence-corrected chi connectivity index (χ1v) is 7.38. The highest BCUT2D eigenvalue weighted by molar-refractivity contribution is 6.62. The van der Waals surface area contributed by atoms with Crippen molar-refractivity contribution in [2.75, 3.05) is 0 Å². The van der Waals surface area contributed by atoms with E-state index in [9.17, 15) is 0 Å². The van der Waals surface area contributed by atoms with Crippen LogP contribution in [0.25, 0.3) is 21.8 Å². The van der Waals surface area contributed by atoms with Crippen molar-refractivity contribution in [3.63, 3.8) is 0 Å². The molecule has 106 valence electrons. The molecule has 0 spiro atoms. The van der Waals surface area contributed by atoms with E-state index in [0.29, 0.717) is 0 Å². The van der Waals surface area contributed by atoms with Gasteiger partial charge in [0.15, 0.2) is 0 Å². The highest BCUT2D eigenvalue weighted by Gasteiger charge is 2.43. The van der Waals surface area contributed by atoms with Crippen molar-refractivity contribution in [3.05, 3.63) is 42.5 Å². The number of hydrogen-bond acceptors (Lipinski definition) is 2. The zero-order chi connectivity index (χ0) is 14.6. The van der Waals surface area contributed by atoms with Crippen molar-refractivity contribution >= 4 is 34.4 Å². The summed E-state index contributed by atoms with van der Waals surface area (Å²) in [5.74, 6) is 0. The Kier molecular flexibility index (Phi) is 2.68. The van der Waals surface area contributed by atoms with Crippen LogP contribution in [0, 0.1) is 0 Å². The van der Waals surface area contributed by atoms with Crippen LogP contribution in [-0.2, 0) is 9.31 Å². The molecule has 4 heteroatoms. The Bertz CT molecular complexity index is 824. The molecular weight excluding hydrogens is 261 g/mol. The van der Waals surface area contributed by atoms with Crippen LogP contribution in [0.2, 0.25) is 0 Å². The topological polar surface area (TPSA) is 34.2 Å². The maximum absolute atomic E-state index is 6.03. The first kappa shape index (κ1) is 12.9. The minimum absolute atomic E-state index is 0.0842. The lowest BCUT2D eigenvalue weighted by atomic mass is 9.79. The molecule has 2 aromatic carbocycles. The number of aromatic amines is 1. The molecule has 0 aliphatic carbocycles. The number of fused-ring (bicyclic) bond motifs is 3. The average Bonchev–Trinajstić information content (AvgIpc) is 2.96. The molecule has 1 atom stereocenters. The van der Waals surface area contributed by atoms with Crippen LogP contribution < -0.4 is 5.46 Å². The molecule has 1 unspecified atom stereocenters. The lowest BCUT2D eigenvalue weighted by Gasteiger charge is -2.21. The summed E-state index contributed by atoms with van der Waals surface area (Å²) < 4.78 is 12.0. The zero-order valence-corrected chi connectivity index (χ0v) is 12.5. The minimum atomic E-state index is -0.286. The van der Waals surface area contributed by atoms with Crippen molar-refractivity contribution in [1.82, 2.24) is 4.98 Å². The van der Waals surface area contributed by atoms with Crippen molar-refractivity contribution in [2.24, 2.45) is 0 Å². The Labute approximate surface area is 124 Å². The quantitative estimate of drug-likeness (QED) is 0.694. The van der Waals surface area contributed by atoms with Gasteiger partial charge in [-0.15, -0.1) is 0 Å². The number of nitrogens with one attached hydrogen (secondary N) is 1. The maximum Gasteiger partial charge on any atom is 0.494 e. The molecule has 0 radical (unpaired) electrons. The Morgan fingerprint density at radius 3 is 2.57 bits per heavy atom. The van der Waals surface area contributed by atoms with Crippen LogP contribution in [0.3, 0.4) is 0 Å². The minimum Gasteiger partial charge on any atom is -0.402 e.